The first-order chi connectivity index (χ1) is 1.73. The summed E-state index contributed by atoms with van der Waals surface area (Å²) in [4.78, 5) is 0. The Bertz CT molecular complexity index is 32.7. The summed E-state index contributed by atoms with van der Waals surface area (Å²) >= 11 is 0. The average Bonchev–Trinajstić information content (AvgIpc) is 0.811. The Morgan fingerprint density at radius 3 is 1.43 bits per heavy atom. The molecule has 0 N–H and O–H groups in total. The zero-order valence-corrected chi connectivity index (χ0v) is 7.05. The molecule has 0 heterocycles. The van der Waals surface area contributed by atoms with Crippen molar-refractivity contribution in [1.29, 1.82) is 0 Å². The van der Waals surface area contributed by atoms with Crippen LogP contribution in [0.4, 0.5) is 0 Å². The van der Waals surface area contributed by atoms with Crippen molar-refractivity contribution in [3.8, 4) is 0 Å². The van der Waals surface area contributed by atoms with Gasteiger partial charge in [-0.1, -0.05) is 6.92 Å². The van der Waals surface area contributed by atoms with Gasteiger partial charge >= 0.3 is 20.4 Å². The summed E-state index contributed by atoms with van der Waals surface area (Å²) in [5, 5.41) is 0. The summed E-state index contributed by atoms with van der Waals surface area (Å²) in [6, 6.07) is 0. The molecule has 0 aliphatic rings. The van der Waals surface area contributed by atoms with E-state index in [4.69, 9.17) is 0 Å². The Labute approximate surface area is 71.2 Å². The minimum absolute atomic E-state index is 0. The van der Waals surface area contributed by atoms with E-state index in [1.807, 2.05) is 6.92 Å². The first kappa shape index (κ1) is 24.8. The van der Waals surface area contributed by atoms with Gasteiger partial charge in [0.1, 0.15) is 0 Å². The predicted octanol–water partition coefficient (Wildman–Crippen LogP) is -4.60. The molecule has 0 aromatic heterocycles. The smallest absolute Gasteiger partial charge is 1.00 e. The van der Waals surface area contributed by atoms with E-state index in [1.54, 1.807) is 0 Å². The van der Waals surface area contributed by atoms with Gasteiger partial charge in [0, 0.05) is 0 Å². The van der Waals surface area contributed by atoms with Crippen molar-refractivity contribution in [2.24, 2.45) is 0 Å². The molecule has 0 radical (unpaired) electrons. The largest absolute Gasteiger partial charge is 2.00 e. The molecule has 0 aliphatic carbocycles. The number of allylic oxidation sites excluding steroid dienone is 1. The van der Waals surface area contributed by atoms with E-state index in [0.29, 0.717) is 0 Å². The molecule has 0 nitrogen and oxygen atoms in total. The van der Waals surface area contributed by atoms with Crippen LogP contribution in [0.15, 0.2) is 12.2 Å². The van der Waals surface area contributed by atoms with Gasteiger partial charge in [0.25, 0.3) is 0 Å². The van der Waals surface area contributed by atoms with Crippen LogP contribution in [0, 0.1) is 6.92 Å². The third-order valence-electron chi connectivity index (χ3n) is 0. The fraction of sp³-hybridized carbons (Fsp3) is 0.250. The van der Waals surface area contributed by atoms with E-state index in [9.17, 15) is 0 Å². The summed E-state index contributed by atoms with van der Waals surface area (Å²) in [5.74, 6) is 0. The van der Waals surface area contributed by atoms with E-state index in [2.05, 4.69) is 13.5 Å². The quantitative estimate of drug-likeness (QED) is 0.291. The maximum absolute atomic E-state index is 3.44. The van der Waals surface area contributed by atoms with Gasteiger partial charge in [-0.2, -0.15) is 0 Å². The summed E-state index contributed by atoms with van der Waals surface area (Å²) in [5.41, 5.74) is 0.917. The molecule has 0 rings (SSSR count). The Morgan fingerprint density at radius 2 is 1.43 bits per heavy atom. The number of hydrogen-bond donors (Lipinski definition) is 0. The van der Waals surface area contributed by atoms with Gasteiger partial charge in [-0.25, -0.2) is 19.1 Å². The molecule has 7 heavy (non-hydrogen) atoms. The Kier molecular flexibility index (Phi) is 56.1. The van der Waals surface area contributed by atoms with Crippen LogP contribution in [0.2, 0.25) is 0 Å². The first-order valence-corrected chi connectivity index (χ1v) is 1.21. The van der Waals surface area contributed by atoms with Crippen LogP contribution in [0.3, 0.4) is 0 Å². The van der Waals surface area contributed by atoms with Crippen LogP contribution in [0.5, 0.6) is 0 Å². The molecule has 0 bridgehead atoms. The molecule has 0 aromatic carbocycles. The van der Waals surface area contributed by atoms with Gasteiger partial charge in [0.05, 0.1) is 0 Å². The number of hydrogen-bond acceptors (Lipinski definition) is 0. The molecule has 0 saturated carbocycles. The maximum atomic E-state index is 3.44. The monoisotopic (exact) mass is 231 g/mol. The second-order valence-corrected chi connectivity index (χ2v) is 0.957. The van der Waals surface area contributed by atoms with Crippen LogP contribution in [0.1, 0.15) is 6.92 Å². The van der Waals surface area contributed by atoms with E-state index < -0.39 is 0 Å². The molecule has 0 amide bonds. The molecule has 48 valence electrons. The molecule has 0 saturated heterocycles. The molecular weight excluding hydrogens is 225 g/mol. The Morgan fingerprint density at radius 1 is 1.43 bits per heavy atom. The number of rotatable bonds is 0. The van der Waals surface area contributed by atoms with Crippen LogP contribution in [-0.4, -0.2) is 0 Å². The van der Waals surface area contributed by atoms with Crippen molar-refractivity contribution in [2.45, 2.75) is 6.92 Å². The average molecular weight is 232 g/mol. The van der Waals surface area contributed by atoms with Crippen molar-refractivity contribution in [3.05, 3.63) is 19.1 Å². The molecule has 0 atom stereocenters. The SMILES string of the molecule is C=C([CH2-])C.[Cl-].[Cl-].[Pd+2]. The standard InChI is InChI=1S/C4H7.2ClH.Pd/c1-4(2)3;;;/h1-2H2,3H3;2*1H;/q-1;;;+2/p-2. The van der Waals surface area contributed by atoms with Gasteiger partial charge in [-0.3, -0.25) is 0 Å². The van der Waals surface area contributed by atoms with Crippen LogP contribution < -0.4 is 24.8 Å². The van der Waals surface area contributed by atoms with E-state index >= 15 is 0 Å². The number of halogens is 2. The minimum Gasteiger partial charge on any atom is -1.00 e. The molecule has 0 unspecified atom stereocenters. The first-order valence-electron chi connectivity index (χ1n) is 1.21. The fourth-order valence-corrected chi connectivity index (χ4v) is 0. The topological polar surface area (TPSA) is 0 Å². The second-order valence-electron chi connectivity index (χ2n) is 0.957. The molecule has 0 spiro atoms. The zero-order chi connectivity index (χ0) is 3.58. The zero-order valence-electron chi connectivity index (χ0n) is 3.99. The van der Waals surface area contributed by atoms with Crippen LogP contribution in [0.25, 0.3) is 0 Å². The Hall–Kier alpha value is 0.852. The molecule has 0 aromatic rings. The van der Waals surface area contributed by atoms with Crippen LogP contribution in [-0.2, 0) is 20.4 Å². The third-order valence-corrected chi connectivity index (χ3v) is 0. The minimum atomic E-state index is 0. The summed E-state index contributed by atoms with van der Waals surface area (Å²) in [6.07, 6.45) is 0. The summed E-state index contributed by atoms with van der Waals surface area (Å²) in [6.45, 7) is 8.75. The fourth-order valence-electron chi connectivity index (χ4n) is 0. The maximum Gasteiger partial charge on any atom is 2.00 e. The van der Waals surface area contributed by atoms with Crippen molar-refractivity contribution in [2.75, 3.05) is 0 Å². The van der Waals surface area contributed by atoms with E-state index in [-0.39, 0.29) is 45.2 Å². The van der Waals surface area contributed by atoms with Crippen molar-refractivity contribution >= 4 is 0 Å². The summed E-state index contributed by atoms with van der Waals surface area (Å²) < 4.78 is 0. The van der Waals surface area contributed by atoms with Gasteiger partial charge in [0.15, 0.2) is 0 Å². The van der Waals surface area contributed by atoms with Gasteiger partial charge in [-0.15, -0.1) is 0 Å². The van der Waals surface area contributed by atoms with Crippen LogP contribution >= 0.6 is 0 Å². The molecular formula is C4H7Cl2Pd-. The van der Waals surface area contributed by atoms with E-state index in [1.165, 1.54) is 0 Å². The normalized spacial score (nSPS) is 3.57. The molecule has 0 aliphatic heterocycles. The van der Waals surface area contributed by atoms with Gasteiger partial charge < -0.3 is 24.8 Å². The van der Waals surface area contributed by atoms with E-state index in [0.717, 1.165) is 5.57 Å². The predicted molar refractivity (Wildman–Crippen MR) is 20.2 cm³/mol. The summed E-state index contributed by atoms with van der Waals surface area (Å²) in [7, 11) is 0. The third kappa shape index (κ3) is 222. The molecule has 0 fully saturated rings. The van der Waals surface area contributed by atoms with Crippen molar-refractivity contribution < 1.29 is 45.2 Å². The van der Waals surface area contributed by atoms with Gasteiger partial charge in [0.2, 0.25) is 0 Å². The Balaban J connectivity index is -0.0000000150. The van der Waals surface area contributed by atoms with Gasteiger partial charge in [-0.05, 0) is 0 Å². The molecule has 3 heteroatoms. The van der Waals surface area contributed by atoms with Crippen molar-refractivity contribution in [1.82, 2.24) is 0 Å². The second kappa shape index (κ2) is 15.8. The van der Waals surface area contributed by atoms with Crippen molar-refractivity contribution in [3.63, 3.8) is 0 Å².